The molecule has 92 heavy (non-hydrogen) atoms. The van der Waals surface area contributed by atoms with Crippen molar-refractivity contribution in [2.24, 2.45) is 0 Å². The summed E-state index contributed by atoms with van der Waals surface area (Å²) in [5.74, 6) is 0. The number of nitrogens with zero attached hydrogens (tertiary/aromatic N) is 6. The van der Waals surface area contributed by atoms with E-state index in [-0.39, 0.29) is 27.5 Å². The van der Waals surface area contributed by atoms with Crippen molar-refractivity contribution in [2.45, 2.75) is 64.2 Å². The fraction of sp³-hybridized carbons (Fsp3) is 0.122. The van der Waals surface area contributed by atoms with Gasteiger partial charge in [-0.2, -0.15) is 15.8 Å². The van der Waals surface area contributed by atoms with Crippen LogP contribution in [-0.2, 0) is 36.5 Å². The Morgan fingerprint density at radius 3 is 1.23 bits per heavy atom. The van der Waals surface area contributed by atoms with Crippen LogP contribution in [0.3, 0.4) is 0 Å². The monoisotopic (exact) mass is 1250 g/mol. The Labute approximate surface area is 545 Å². The van der Waals surface area contributed by atoms with Crippen LogP contribution in [0.25, 0.3) is 37.5 Å². The zero-order chi connectivity index (χ0) is 63.6. The highest BCUT2D eigenvalue weighted by Gasteiger charge is 2.38. The Bertz CT molecular complexity index is 5050. The third-order valence-corrected chi connectivity index (χ3v) is 19.5. The van der Waals surface area contributed by atoms with Crippen molar-refractivity contribution in [3.63, 3.8) is 0 Å². The summed E-state index contributed by atoms with van der Waals surface area (Å²) in [4.78, 5) is 7.97. The summed E-state index contributed by atoms with van der Waals surface area (Å²) in [6.07, 6.45) is 3.75. The highest BCUT2D eigenvalue weighted by molar-refractivity contribution is 9.10. The van der Waals surface area contributed by atoms with E-state index in [0.717, 1.165) is 41.3 Å². The average molecular weight is 1250 g/mol. The highest BCUT2D eigenvalue weighted by Crippen LogP contribution is 2.54. The van der Waals surface area contributed by atoms with E-state index in [1.807, 2.05) is 18.2 Å². The van der Waals surface area contributed by atoms with Crippen LogP contribution in [0.1, 0.15) is 111 Å². The largest absolute Gasteiger partial charge is 0.487 e. The van der Waals surface area contributed by atoms with Gasteiger partial charge in [0.05, 0.1) is 58.7 Å². The van der Waals surface area contributed by atoms with E-state index in [1.165, 1.54) is 141 Å². The maximum Gasteiger partial charge on any atom is 0.487 e. The van der Waals surface area contributed by atoms with Crippen molar-refractivity contribution in [1.29, 1.82) is 15.8 Å². The second-order valence-electron chi connectivity index (χ2n) is 25.3. The second-order valence-corrected chi connectivity index (χ2v) is 26.2. The summed E-state index contributed by atoms with van der Waals surface area (Å²) in [6, 6.07) is 87.6. The summed E-state index contributed by atoms with van der Waals surface area (Å²) < 4.78 is 1.16. The van der Waals surface area contributed by atoms with Gasteiger partial charge in [0.15, 0.2) is 5.69 Å². The summed E-state index contributed by atoms with van der Waals surface area (Å²) in [6.45, 7) is 16.0. The molecule has 0 fully saturated rings. The summed E-state index contributed by atoms with van der Waals surface area (Å²) >= 11 is 3.64. The SMILES string of the molecule is CC1(C)c2ccccc2N(c2ccc3cc4c(cc3c2)Cc2ccc(-c3cc(C#N)cc(C#N)c3)cc2C4)c2ccccc21.CC1(C)c2ccccc2N(c2ccc3cc4c(cc3c2)Cc2ccc(Br)cc2C4)c2ccccc21.[C-]#[N+]c1cc(C#N)cc(B(O)O)c1. The van der Waals surface area contributed by atoms with Crippen LogP contribution in [0, 0.1) is 40.6 Å². The molecule has 4 aliphatic rings. The zero-order valence-electron chi connectivity index (χ0n) is 51.3. The van der Waals surface area contributed by atoms with Crippen LogP contribution in [0.15, 0.2) is 235 Å². The Morgan fingerprint density at radius 2 is 0.793 bits per heavy atom. The molecule has 16 rings (SSSR count). The molecular weight excluding hydrogens is 1190 g/mol. The van der Waals surface area contributed by atoms with E-state index in [2.05, 4.69) is 265 Å². The number of hydrogen-bond donors (Lipinski definition) is 2. The Morgan fingerprint density at radius 1 is 0.402 bits per heavy atom. The first-order valence-corrected chi connectivity index (χ1v) is 31.6. The number of hydrogen-bond acceptors (Lipinski definition) is 7. The lowest BCUT2D eigenvalue weighted by Gasteiger charge is -2.42. The predicted molar refractivity (Wildman–Crippen MR) is 375 cm³/mol. The predicted octanol–water partition coefficient (Wildman–Crippen LogP) is 18.8. The molecule has 0 aromatic heterocycles. The third-order valence-electron chi connectivity index (χ3n) is 19.0. The molecule has 10 heteroatoms. The molecule has 0 bridgehead atoms. The van der Waals surface area contributed by atoms with Crippen LogP contribution in [0.5, 0.6) is 0 Å². The van der Waals surface area contributed by atoms with Gasteiger partial charge in [-0.3, -0.25) is 0 Å². The minimum absolute atomic E-state index is 0.0397. The molecule has 2 N–H and O–H groups in total. The first kappa shape index (κ1) is 58.8. The van der Waals surface area contributed by atoms with E-state index in [4.69, 9.17) is 21.9 Å². The van der Waals surface area contributed by atoms with Crippen LogP contribution in [0.2, 0.25) is 0 Å². The van der Waals surface area contributed by atoms with Crippen molar-refractivity contribution < 1.29 is 10.0 Å². The molecule has 0 atom stereocenters. The van der Waals surface area contributed by atoms with Gasteiger partial charge in [-0.25, -0.2) is 4.85 Å². The van der Waals surface area contributed by atoms with Gasteiger partial charge in [0.25, 0.3) is 0 Å². The lowest BCUT2D eigenvalue weighted by Crippen LogP contribution is -2.30. The molecule has 440 valence electrons. The molecule has 12 aromatic carbocycles. The van der Waals surface area contributed by atoms with Crippen LogP contribution >= 0.6 is 15.9 Å². The molecule has 0 unspecified atom stereocenters. The van der Waals surface area contributed by atoms with Gasteiger partial charge in [0.2, 0.25) is 0 Å². The lowest BCUT2D eigenvalue weighted by molar-refractivity contribution is 0.426. The molecule has 2 aliphatic heterocycles. The molecule has 0 amide bonds. The molecule has 2 aliphatic carbocycles. The Balaban J connectivity index is 0.000000136. The molecule has 0 radical (unpaired) electrons. The maximum atomic E-state index is 9.45. The minimum Gasteiger partial charge on any atom is -0.423 e. The molecule has 0 saturated carbocycles. The zero-order valence-corrected chi connectivity index (χ0v) is 52.9. The van der Waals surface area contributed by atoms with Gasteiger partial charge in [0.1, 0.15) is 0 Å². The Kier molecular flexibility index (Phi) is 15.0. The quantitative estimate of drug-likeness (QED) is 0.133. The fourth-order valence-corrected chi connectivity index (χ4v) is 14.7. The lowest BCUT2D eigenvalue weighted by atomic mass is 9.73. The van der Waals surface area contributed by atoms with Crippen molar-refractivity contribution >= 4 is 89.9 Å². The normalized spacial score (nSPS) is 13.7. The fourth-order valence-electron chi connectivity index (χ4n) is 14.3. The molecule has 12 aromatic rings. The maximum absolute atomic E-state index is 9.45. The Hall–Kier alpha value is -10.8. The summed E-state index contributed by atoms with van der Waals surface area (Å²) in [5, 5.41) is 50.2. The van der Waals surface area contributed by atoms with E-state index in [1.54, 1.807) is 6.07 Å². The van der Waals surface area contributed by atoms with Gasteiger partial charge in [-0.1, -0.05) is 183 Å². The number of rotatable bonds is 4. The first-order chi connectivity index (χ1) is 44.6. The molecule has 0 saturated heterocycles. The van der Waals surface area contributed by atoms with Crippen LogP contribution < -0.4 is 15.3 Å². The molecule has 0 spiro atoms. The third kappa shape index (κ3) is 10.7. The number of anilines is 6. The average Bonchev–Trinajstić information content (AvgIpc) is 0.738. The summed E-state index contributed by atoms with van der Waals surface area (Å²) in [5.41, 5.74) is 27.4. The van der Waals surface area contributed by atoms with E-state index in [0.29, 0.717) is 11.1 Å². The number of fused-ring (bicyclic) bond motifs is 10. The van der Waals surface area contributed by atoms with E-state index >= 15 is 0 Å². The van der Waals surface area contributed by atoms with Crippen molar-refractivity contribution in [2.75, 3.05) is 9.80 Å². The van der Waals surface area contributed by atoms with Gasteiger partial charge in [0, 0.05) is 32.2 Å². The molecule has 2 heterocycles. The van der Waals surface area contributed by atoms with Crippen molar-refractivity contribution in [1.82, 2.24) is 0 Å². The van der Waals surface area contributed by atoms with Gasteiger partial charge >= 0.3 is 7.12 Å². The number of halogens is 1. The van der Waals surface area contributed by atoms with Gasteiger partial charge in [-0.15, -0.1) is 0 Å². The minimum atomic E-state index is -1.64. The van der Waals surface area contributed by atoms with Gasteiger partial charge in [-0.05, 0) is 222 Å². The topological polar surface area (TPSA) is 123 Å². The molecule has 8 nitrogen and oxygen atoms in total. The first-order valence-electron chi connectivity index (χ1n) is 30.8. The number of benzene rings is 12. The van der Waals surface area contributed by atoms with Crippen LogP contribution in [0.4, 0.5) is 39.8 Å². The van der Waals surface area contributed by atoms with Crippen molar-refractivity contribution in [3.8, 4) is 29.3 Å². The smallest absolute Gasteiger partial charge is 0.423 e. The highest BCUT2D eigenvalue weighted by atomic mass is 79.9. The van der Waals surface area contributed by atoms with Crippen LogP contribution in [-0.4, -0.2) is 17.2 Å². The number of nitriles is 3. The second kappa shape index (κ2) is 23.5. The van der Waals surface area contributed by atoms with Gasteiger partial charge < -0.3 is 19.8 Å². The van der Waals surface area contributed by atoms with E-state index < -0.39 is 7.12 Å². The molecular formula is C82H60BBrN6O2. The number of para-hydroxylation sites is 4. The van der Waals surface area contributed by atoms with E-state index in [9.17, 15) is 10.5 Å². The van der Waals surface area contributed by atoms with Crippen molar-refractivity contribution in [3.05, 3.63) is 330 Å². The standard InChI is InChI=1S/C41H29N3.C33H26BrN.C8H5BN2O2/c1-41(2)37-7-3-5-9-39(37)44(40-10-6-4-8-38(40)41)36-14-13-30-20-33-21-32-18-28(31-16-26(24-42)15-27(17-31)25-43)11-12-29(32)19-34(33)22-35(30)23-36;1-33(2)29-7-3-5-9-31(29)35(32-10-6-4-8-30(32)33)28-14-12-22-16-23-17-25-19-27(34)13-11-21(25)15-24(23)18-26(22)20-28;1-11-8-3-6(5-10)2-7(4-8)9(12)13/h3-18,20,22-23H,19,21H2,1-2H3;3-14,16,18-20H,15,17H2,1-2H3;2-4,12-13H. The summed E-state index contributed by atoms with van der Waals surface area (Å²) in [7, 11) is -1.64.